The lowest BCUT2D eigenvalue weighted by Gasteiger charge is -2.19. The predicted molar refractivity (Wildman–Crippen MR) is 65.0 cm³/mol. The van der Waals surface area contributed by atoms with Crippen molar-refractivity contribution < 1.29 is 4.74 Å². The molecule has 1 aromatic carbocycles. The van der Waals surface area contributed by atoms with E-state index in [0.717, 1.165) is 12.3 Å². The second-order valence-electron chi connectivity index (χ2n) is 5.11. The summed E-state index contributed by atoms with van der Waals surface area (Å²) in [4.78, 5) is 0. The highest BCUT2D eigenvalue weighted by Gasteiger charge is 2.45. The molecule has 2 aliphatic rings. The number of methoxy groups -OCH3 is 1. The van der Waals surface area contributed by atoms with Crippen molar-refractivity contribution in [2.24, 2.45) is 5.73 Å². The quantitative estimate of drug-likeness (QED) is 0.842. The van der Waals surface area contributed by atoms with E-state index in [1.807, 2.05) is 0 Å². The molecule has 1 aromatic rings. The number of hydrogen-bond acceptors (Lipinski definition) is 2. The van der Waals surface area contributed by atoms with Gasteiger partial charge in [-0.2, -0.15) is 0 Å². The van der Waals surface area contributed by atoms with Crippen LogP contribution >= 0.6 is 0 Å². The highest BCUT2D eigenvalue weighted by Crippen LogP contribution is 2.51. The third-order valence-corrected chi connectivity index (χ3v) is 4.28. The zero-order chi connectivity index (χ0) is 11.2. The Balaban J connectivity index is 2.11. The molecule has 0 bridgehead atoms. The molecule has 2 nitrogen and oxygen atoms in total. The normalized spacial score (nSPS) is 20.6. The van der Waals surface area contributed by atoms with Crippen LogP contribution in [0.3, 0.4) is 0 Å². The van der Waals surface area contributed by atoms with Gasteiger partial charge >= 0.3 is 0 Å². The molecular weight excluding hydrogens is 198 g/mol. The molecule has 3 rings (SSSR count). The summed E-state index contributed by atoms with van der Waals surface area (Å²) in [5, 5.41) is 0. The van der Waals surface area contributed by atoms with Gasteiger partial charge in [0.05, 0.1) is 7.11 Å². The fourth-order valence-corrected chi connectivity index (χ4v) is 3.10. The zero-order valence-electron chi connectivity index (χ0n) is 9.88. The lowest BCUT2D eigenvalue weighted by Crippen LogP contribution is -2.21. The van der Waals surface area contributed by atoms with Crippen LogP contribution in [0.4, 0.5) is 0 Å². The molecule has 0 aromatic heterocycles. The molecule has 86 valence electrons. The topological polar surface area (TPSA) is 35.2 Å². The highest BCUT2D eigenvalue weighted by molar-refractivity contribution is 5.52. The Morgan fingerprint density at radius 2 is 2.00 bits per heavy atom. The van der Waals surface area contributed by atoms with Gasteiger partial charge in [-0.1, -0.05) is 6.07 Å². The number of rotatable bonds is 3. The highest BCUT2D eigenvalue weighted by atomic mass is 16.5. The van der Waals surface area contributed by atoms with Crippen LogP contribution in [0.1, 0.15) is 36.0 Å². The lowest BCUT2D eigenvalue weighted by molar-refractivity contribution is 0.410. The lowest BCUT2D eigenvalue weighted by atomic mass is 9.89. The Morgan fingerprint density at radius 1 is 1.25 bits per heavy atom. The molecule has 1 fully saturated rings. The molecule has 0 atom stereocenters. The van der Waals surface area contributed by atoms with Crippen LogP contribution < -0.4 is 10.5 Å². The molecule has 2 N–H and O–H groups in total. The van der Waals surface area contributed by atoms with Crippen LogP contribution in [-0.4, -0.2) is 13.7 Å². The number of fused-ring (bicyclic) bond motifs is 1. The molecule has 16 heavy (non-hydrogen) atoms. The van der Waals surface area contributed by atoms with Gasteiger partial charge in [-0.3, -0.25) is 0 Å². The first kappa shape index (κ1) is 10.2. The van der Waals surface area contributed by atoms with Crippen molar-refractivity contribution in [2.45, 2.75) is 37.5 Å². The summed E-state index contributed by atoms with van der Waals surface area (Å²) in [5.74, 6) is 1.07. The summed E-state index contributed by atoms with van der Waals surface area (Å²) >= 11 is 0. The van der Waals surface area contributed by atoms with Crippen LogP contribution in [0.5, 0.6) is 5.75 Å². The van der Waals surface area contributed by atoms with Crippen molar-refractivity contribution in [3.8, 4) is 5.75 Å². The second-order valence-corrected chi connectivity index (χ2v) is 5.11. The minimum Gasteiger partial charge on any atom is -0.496 e. The van der Waals surface area contributed by atoms with Crippen LogP contribution in [0, 0.1) is 0 Å². The molecule has 2 aliphatic carbocycles. The maximum atomic E-state index is 5.93. The molecule has 0 radical (unpaired) electrons. The van der Waals surface area contributed by atoms with Crippen molar-refractivity contribution in [3.63, 3.8) is 0 Å². The fraction of sp³-hybridized carbons (Fsp3) is 0.571. The summed E-state index contributed by atoms with van der Waals surface area (Å²) in [6, 6.07) is 4.39. The smallest absolute Gasteiger partial charge is 0.122 e. The Kier molecular flexibility index (Phi) is 2.21. The Hall–Kier alpha value is -1.02. The van der Waals surface area contributed by atoms with E-state index in [4.69, 9.17) is 10.5 Å². The van der Waals surface area contributed by atoms with Crippen molar-refractivity contribution in [1.29, 1.82) is 0 Å². The average Bonchev–Trinajstić information content (AvgIpc) is 2.97. The summed E-state index contributed by atoms with van der Waals surface area (Å²) in [6.45, 7) is 0.797. The molecule has 0 heterocycles. The monoisotopic (exact) mass is 217 g/mol. The molecule has 0 aliphatic heterocycles. The summed E-state index contributed by atoms with van der Waals surface area (Å²) in [6.07, 6.45) is 6.19. The van der Waals surface area contributed by atoms with E-state index in [1.165, 1.54) is 43.2 Å². The summed E-state index contributed by atoms with van der Waals surface area (Å²) in [5.41, 5.74) is 10.8. The largest absolute Gasteiger partial charge is 0.496 e. The molecule has 2 heteroatoms. The summed E-state index contributed by atoms with van der Waals surface area (Å²) < 4.78 is 5.45. The number of nitrogens with two attached hydrogens (primary N) is 1. The molecule has 1 saturated carbocycles. The van der Waals surface area contributed by atoms with Gasteiger partial charge in [0.25, 0.3) is 0 Å². The van der Waals surface area contributed by atoms with Gasteiger partial charge in [0.2, 0.25) is 0 Å². The predicted octanol–water partition coefficient (Wildman–Crippen LogP) is 2.17. The summed E-state index contributed by atoms with van der Waals surface area (Å²) in [7, 11) is 1.77. The van der Waals surface area contributed by atoms with Gasteiger partial charge in [0.1, 0.15) is 5.75 Å². The SMILES string of the molecule is COc1ccc(C2(CN)CC2)c2c1CCC2. The van der Waals surface area contributed by atoms with E-state index in [2.05, 4.69) is 12.1 Å². The molecular formula is C14H19NO. The van der Waals surface area contributed by atoms with Gasteiger partial charge in [-0.25, -0.2) is 0 Å². The van der Waals surface area contributed by atoms with Gasteiger partial charge in [-0.05, 0) is 54.9 Å². The fourth-order valence-electron chi connectivity index (χ4n) is 3.10. The van der Waals surface area contributed by atoms with Crippen molar-refractivity contribution >= 4 is 0 Å². The second kappa shape index (κ2) is 3.49. The molecule has 0 amide bonds. The van der Waals surface area contributed by atoms with Gasteiger partial charge in [0.15, 0.2) is 0 Å². The van der Waals surface area contributed by atoms with Crippen LogP contribution in [0.2, 0.25) is 0 Å². The number of benzene rings is 1. The molecule has 0 saturated heterocycles. The average molecular weight is 217 g/mol. The molecule has 0 spiro atoms. The van der Waals surface area contributed by atoms with E-state index in [-0.39, 0.29) is 0 Å². The molecule has 0 unspecified atom stereocenters. The van der Waals surface area contributed by atoms with E-state index in [9.17, 15) is 0 Å². The Labute approximate surface area is 96.8 Å². The van der Waals surface area contributed by atoms with Crippen molar-refractivity contribution in [2.75, 3.05) is 13.7 Å². The maximum Gasteiger partial charge on any atom is 0.122 e. The first-order valence-corrected chi connectivity index (χ1v) is 6.20. The zero-order valence-corrected chi connectivity index (χ0v) is 9.88. The van der Waals surface area contributed by atoms with E-state index in [0.29, 0.717) is 5.41 Å². The van der Waals surface area contributed by atoms with Crippen LogP contribution in [0.25, 0.3) is 0 Å². The van der Waals surface area contributed by atoms with Crippen LogP contribution in [-0.2, 0) is 18.3 Å². The minimum atomic E-state index is 0.320. The third kappa shape index (κ3) is 1.29. The minimum absolute atomic E-state index is 0.320. The van der Waals surface area contributed by atoms with Crippen molar-refractivity contribution in [1.82, 2.24) is 0 Å². The first-order valence-electron chi connectivity index (χ1n) is 6.20. The third-order valence-electron chi connectivity index (χ3n) is 4.28. The van der Waals surface area contributed by atoms with Gasteiger partial charge in [0, 0.05) is 12.0 Å². The standard InChI is InChI=1S/C14H19NO/c1-16-13-6-5-12(14(9-15)7-8-14)10-3-2-4-11(10)13/h5-6H,2-4,7-9,15H2,1H3. The van der Waals surface area contributed by atoms with E-state index >= 15 is 0 Å². The Bertz CT molecular complexity index is 421. The maximum absolute atomic E-state index is 5.93. The van der Waals surface area contributed by atoms with E-state index < -0.39 is 0 Å². The van der Waals surface area contributed by atoms with Crippen molar-refractivity contribution in [3.05, 3.63) is 28.8 Å². The van der Waals surface area contributed by atoms with E-state index in [1.54, 1.807) is 12.7 Å². The van der Waals surface area contributed by atoms with Crippen LogP contribution in [0.15, 0.2) is 12.1 Å². The van der Waals surface area contributed by atoms with Gasteiger partial charge < -0.3 is 10.5 Å². The number of hydrogen-bond donors (Lipinski definition) is 1. The first-order chi connectivity index (χ1) is 7.80. The number of ether oxygens (including phenoxy) is 1. The van der Waals surface area contributed by atoms with Gasteiger partial charge in [-0.15, -0.1) is 0 Å². The Morgan fingerprint density at radius 3 is 2.62 bits per heavy atom.